The van der Waals surface area contributed by atoms with Crippen molar-refractivity contribution in [3.8, 4) is 17.2 Å². The van der Waals surface area contributed by atoms with Crippen LogP contribution in [0, 0.1) is 0 Å². The number of carbonyl (C=O) groups excluding carboxylic acids is 1. The Morgan fingerprint density at radius 1 is 1.16 bits per heavy atom. The zero-order valence-electron chi connectivity index (χ0n) is 17.9. The van der Waals surface area contributed by atoms with Gasteiger partial charge in [0.25, 0.3) is 0 Å². The predicted molar refractivity (Wildman–Crippen MR) is 119 cm³/mol. The molecule has 2 aliphatic rings. The highest BCUT2D eigenvalue weighted by atomic mass is 16.5. The lowest BCUT2D eigenvalue weighted by Crippen LogP contribution is -2.42. The van der Waals surface area contributed by atoms with Gasteiger partial charge in [0.15, 0.2) is 5.76 Å². The fourth-order valence-corrected chi connectivity index (χ4v) is 4.22. The third-order valence-electron chi connectivity index (χ3n) is 5.91. The number of aliphatic hydroxyl groups is 1. The van der Waals surface area contributed by atoms with Crippen LogP contribution in [-0.4, -0.2) is 55.2 Å². The first-order valence-corrected chi connectivity index (χ1v) is 10.9. The highest BCUT2D eigenvalue weighted by Crippen LogP contribution is 2.35. The zero-order chi connectivity index (χ0) is 21.6. The Hall–Kier alpha value is -2.83. The van der Waals surface area contributed by atoms with Crippen LogP contribution in [0.5, 0.6) is 17.2 Å². The molecule has 0 bridgehead atoms. The Bertz CT molecular complexity index is 935. The number of hydrogen-bond donors (Lipinski definition) is 1. The van der Waals surface area contributed by atoms with Crippen molar-refractivity contribution in [2.24, 2.45) is 0 Å². The minimum absolute atomic E-state index is 0.127. The summed E-state index contributed by atoms with van der Waals surface area (Å²) in [5.41, 5.74) is 1.42. The van der Waals surface area contributed by atoms with E-state index < -0.39 is 0 Å². The molecule has 0 amide bonds. The van der Waals surface area contributed by atoms with Crippen LogP contribution in [0.3, 0.4) is 0 Å². The number of Topliss-reactive ketones (excluding diaryl/α,β-unsaturated/α-hetero) is 1. The molecule has 6 heteroatoms. The van der Waals surface area contributed by atoms with Crippen molar-refractivity contribution in [3.63, 3.8) is 0 Å². The number of methoxy groups -OCH3 is 1. The van der Waals surface area contributed by atoms with Crippen molar-refractivity contribution in [3.05, 3.63) is 59.4 Å². The van der Waals surface area contributed by atoms with E-state index in [0.29, 0.717) is 35.5 Å². The lowest BCUT2D eigenvalue weighted by molar-refractivity contribution is 0.101. The maximum absolute atomic E-state index is 12.7. The third-order valence-corrected chi connectivity index (χ3v) is 5.91. The molecule has 2 aromatic rings. The highest BCUT2D eigenvalue weighted by Gasteiger charge is 2.28. The van der Waals surface area contributed by atoms with Crippen LogP contribution in [0.15, 0.2) is 48.2 Å². The Morgan fingerprint density at radius 2 is 1.97 bits per heavy atom. The first-order chi connectivity index (χ1) is 15.2. The summed E-state index contributed by atoms with van der Waals surface area (Å²) in [6.07, 6.45) is 6.11. The van der Waals surface area contributed by atoms with Gasteiger partial charge < -0.3 is 19.3 Å². The first-order valence-electron chi connectivity index (χ1n) is 10.9. The monoisotopic (exact) mass is 423 g/mol. The number of hydrogen-bond acceptors (Lipinski definition) is 6. The van der Waals surface area contributed by atoms with Crippen molar-refractivity contribution < 1.29 is 24.1 Å². The minimum Gasteiger partial charge on any atom is -0.497 e. The van der Waals surface area contributed by atoms with E-state index in [1.807, 2.05) is 30.3 Å². The third kappa shape index (κ3) is 5.09. The number of ether oxygens (including phenoxy) is 3. The maximum Gasteiger partial charge on any atom is 0.231 e. The van der Waals surface area contributed by atoms with E-state index >= 15 is 0 Å². The maximum atomic E-state index is 12.7. The van der Waals surface area contributed by atoms with E-state index in [2.05, 4.69) is 4.90 Å². The van der Waals surface area contributed by atoms with Crippen LogP contribution in [0.25, 0.3) is 6.08 Å². The normalized spacial score (nSPS) is 19.9. The number of likely N-dealkylation sites (tertiary alicyclic amines) is 1. The smallest absolute Gasteiger partial charge is 0.231 e. The summed E-state index contributed by atoms with van der Waals surface area (Å²) in [6.45, 7) is 2.66. The molecule has 1 unspecified atom stereocenters. The second-order valence-corrected chi connectivity index (χ2v) is 7.92. The molecule has 1 fully saturated rings. The Labute approximate surface area is 183 Å². The molecule has 0 aliphatic carbocycles. The average Bonchev–Trinajstić information content (AvgIpc) is 3.10. The van der Waals surface area contributed by atoms with Crippen LogP contribution < -0.4 is 14.2 Å². The number of benzene rings is 2. The van der Waals surface area contributed by atoms with Crippen LogP contribution in [0.1, 0.15) is 41.6 Å². The Kier molecular flexibility index (Phi) is 6.89. The van der Waals surface area contributed by atoms with E-state index in [0.717, 1.165) is 37.2 Å². The minimum atomic E-state index is -0.127. The molecule has 4 rings (SSSR count). The topological polar surface area (TPSA) is 68.2 Å². The molecule has 1 atom stereocenters. The molecule has 0 radical (unpaired) electrons. The molecule has 2 heterocycles. The summed E-state index contributed by atoms with van der Waals surface area (Å²) in [6, 6.07) is 13.2. The SMILES string of the molecule is COc1ccc(/C=C2\Oc3cc(OCCN4CCCCC4CCO)ccc3C2=O)cc1. The van der Waals surface area contributed by atoms with Crippen LogP contribution in [-0.2, 0) is 0 Å². The van der Waals surface area contributed by atoms with Gasteiger partial charge in [-0.3, -0.25) is 9.69 Å². The van der Waals surface area contributed by atoms with Gasteiger partial charge in [0.2, 0.25) is 5.78 Å². The molecule has 31 heavy (non-hydrogen) atoms. The summed E-state index contributed by atoms with van der Waals surface area (Å²) in [7, 11) is 1.62. The van der Waals surface area contributed by atoms with Gasteiger partial charge in [0, 0.05) is 25.3 Å². The van der Waals surface area contributed by atoms with Gasteiger partial charge in [-0.25, -0.2) is 0 Å². The predicted octanol–water partition coefficient (Wildman–Crippen LogP) is 3.93. The number of carbonyl (C=O) groups is 1. The van der Waals surface area contributed by atoms with E-state index in [4.69, 9.17) is 14.2 Å². The fraction of sp³-hybridized carbons (Fsp3) is 0.400. The second kappa shape index (κ2) is 9.98. The van der Waals surface area contributed by atoms with Crippen molar-refractivity contribution in [2.45, 2.75) is 31.7 Å². The molecule has 0 aromatic heterocycles. The molecule has 1 N–H and O–H groups in total. The summed E-state index contributed by atoms with van der Waals surface area (Å²) in [5, 5.41) is 9.28. The average molecular weight is 424 g/mol. The van der Waals surface area contributed by atoms with Gasteiger partial charge in [0.05, 0.1) is 12.7 Å². The molecule has 164 valence electrons. The number of piperidine rings is 1. The number of allylic oxidation sites excluding steroid dienone is 1. The Morgan fingerprint density at radius 3 is 2.74 bits per heavy atom. The zero-order valence-corrected chi connectivity index (χ0v) is 17.9. The molecular formula is C25H29NO5. The summed E-state index contributed by atoms with van der Waals surface area (Å²) >= 11 is 0. The van der Waals surface area contributed by atoms with Gasteiger partial charge in [-0.2, -0.15) is 0 Å². The fourth-order valence-electron chi connectivity index (χ4n) is 4.22. The van der Waals surface area contributed by atoms with E-state index in [-0.39, 0.29) is 12.4 Å². The molecular weight excluding hydrogens is 394 g/mol. The van der Waals surface area contributed by atoms with E-state index in [9.17, 15) is 9.90 Å². The first kappa shape index (κ1) is 21.4. The molecule has 0 saturated carbocycles. The molecule has 6 nitrogen and oxygen atoms in total. The number of ketones is 1. The van der Waals surface area contributed by atoms with Crippen molar-refractivity contribution in [1.29, 1.82) is 0 Å². The quantitative estimate of drug-likeness (QED) is 0.649. The number of rotatable bonds is 8. The summed E-state index contributed by atoms with van der Waals surface area (Å²) < 4.78 is 16.9. The summed E-state index contributed by atoms with van der Waals surface area (Å²) in [5.74, 6) is 2.15. The molecule has 1 saturated heterocycles. The number of nitrogens with zero attached hydrogens (tertiary/aromatic N) is 1. The van der Waals surface area contributed by atoms with Crippen LogP contribution >= 0.6 is 0 Å². The standard InChI is InChI=1S/C25H29NO5/c1-29-20-7-5-18(6-8-20)16-24-25(28)22-10-9-21(17-23(22)31-24)30-15-13-26-12-3-2-4-19(26)11-14-27/h5-10,16-17,19,27H,2-4,11-15H2,1H3/b24-16-. The van der Waals surface area contributed by atoms with Gasteiger partial charge in [-0.15, -0.1) is 0 Å². The van der Waals surface area contributed by atoms with Gasteiger partial charge in [-0.05, 0) is 61.7 Å². The van der Waals surface area contributed by atoms with Gasteiger partial charge >= 0.3 is 0 Å². The van der Waals surface area contributed by atoms with Crippen LogP contribution in [0.4, 0.5) is 0 Å². The van der Waals surface area contributed by atoms with Crippen LogP contribution in [0.2, 0.25) is 0 Å². The van der Waals surface area contributed by atoms with Crippen molar-refractivity contribution in [1.82, 2.24) is 4.90 Å². The number of fused-ring (bicyclic) bond motifs is 1. The highest BCUT2D eigenvalue weighted by molar-refractivity contribution is 6.14. The molecule has 0 spiro atoms. The second-order valence-electron chi connectivity index (χ2n) is 7.92. The number of aliphatic hydroxyl groups excluding tert-OH is 1. The largest absolute Gasteiger partial charge is 0.497 e. The lowest BCUT2D eigenvalue weighted by atomic mass is 10.00. The van der Waals surface area contributed by atoms with E-state index in [1.54, 1.807) is 25.3 Å². The van der Waals surface area contributed by atoms with E-state index in [1.165, 1.54) is 12.8 Å². The van der Waals surface area contributed by atoms with Crippen molar-refractivity contribution >= 4 is 11.9 Å². The summed E-state index contributed by atoms with van der Waals surface area (Å²) in [4.78, 5) is 15.1. The Balaban J connectivity index is 1.37. The lowest BCUT2D eigenvalue weighted by Gasteiger charge is -2.35. The molecule has 2 aliphatic heterocycles. The van der Waals surface area contributed by atoms with Gasteiger partial charge in [-0.1, -0.05) is 18.6 Å². The van der Waals surface area contributed by atoms with Gasteiger partial charge in [0.1, 0.15) is 23.9 Å². The molecule has 2 aromatic carbocycles. The van der Waals surface area contributed by atoms with Crippen molar-refractivity contribution in [2.75, 3.05) is 33.4 Å².